The highest BCUT2D eigenvalue weighted by Crippen LogP contribution is 2.10. The minimum Gasteiger partial charge on any atom is -0.355 e. The summed E-state index contributed by atoms with van der Waals surface area (Å²) in [5.41, 5.74) is 5.70. The van der Waals surface area contributed by atoms with E-state index >= 15 is 0 Å². The molecule has 0 radical (unpaired) electrons. The predicted molar refractivity (Wildman–Crippen MR) is 106 cm³/mol. The summed E-state index contributed by atoms with van der Waals surface area (Å²) in [6.07, 6.45) is 3.73. The molecule has 2 rings (SSSR count). The van der Waals surface area contributed by atoms with Crippen LogP contribution in [0.25, 0.3) is 0 Å². The van der Waals surface area contributed by atoms with Crippen LogP contribution in [-0.2, 0) is 9.59 Å². The van der Waals surface area contributed by atoms with Crippen molar-refractivity contribution in [2.75, 3.05) is 37.6 Å². The molecule has 26 heavy (non-hydrogen) atoms. The molecule has 2 amide bonds. The Balaban J connectivity index is 0.00000312. The van der Waals surface area contributed by atoms with Crippen molar-refractivity contribution in [3.63, 3.8) is 0 Å². The average molecular weight is 407 g/mol. The van der Waals surface area contributed by atoms with Gasteiger partial charge >= 0.3 is 0 Å². The third kappa shape index (κ3) is 6.93. The second kappa shape index (κ2) is 11.9. The first-order valence-electron chi connectivity index (χ1n) is 8.32. The van der Waals surface area contributed by atoms with Crippen molar-refractivity contribution in [1.82, 2.24) is 20.2 Å². The molecule has 2 heterocycles. The number of carbonyl (C=O) groups excluding carboxylic acids is 2. The van der Waals surface area contributed by atoms with Crippen LogP contribution >= 0.6 is 24.8 Å². The Morgan fingerprint density at radius 1 is 1.15 bits per heavy atom. The molecule has 0 aromatic carbocycles. The van der Waals surface area contributed by atoms with Gasteiger partial charge in [-0.05, 0) is 13.0 Å². The zero-order chi connectivity index (χ0) is 17.5. The molecule has 2 atom stereocenters. The average Bonchev–Trinajstić information content (AvgIpc) is 2.61. The summed E-state index contributed by atoms with van der Waals surface area (Å²) in [6.45, 7) is 6.63. The molecule has 1 saturated heterocycles. The number of nitrogens with one attached hydrogen (secondary N) is 1. The number of nitrogens with zero attached hydrogens (tertiary/aromatic N) is 4. The monoisotopic (exact) mass is 406 g/mol. The van der Waals surface area contributed by atoms with Crippen molar-refractivity contribution < 1.29 is 9.59 Å². The molecule has 1 aliphatic rings. The van der Waals surface area contributed by atoms with E-state index in [1.165, 1.54) is 0 Å². The highest BCUT2D eigenvalue weighted by atomic mass is 35.5. The molecule has 10 heteroatoms. The largest absolute Gasteiger partial charge is 0.355 e. The van der Waals surface area contributed by atoms with E-state index in [2.05, 4.69) is 20.2 Å². The zero-order valence-corrected chi connectivity index (χ0v) is 16.8. The van der Waals surface area contributed by atoms with Gasteiger partial charge in [0.2, 0.25) is 17.8 Å². The Labute approximate surface area is 166 Å². The SMILES string of the molecule is CC(N)C(C)C(=O)NCCC(=O)N1CCN(c2ncccn2)CC1.Cl.Cl. The number of piperazine rings is 1. The number of carbonyl (C=O) groups is 2. The molecule has 1 aromatic heterocycles. The fourth-order valence-electron chi connectivity index (χ4n) is 2.46. The summed E-state index contributed by atoms with van der Waals surface area (Å²) in [5.74, 6) is 0.387. The lowest BCUT2D eigenvalue weighted by molar-refractivity contribution is -0.131. The van der Waals surface area contributed by atoms with Crippen molar-refractivity contribution in [2.24, 2.45) is 11.7 Å². The number of rotatable bonds is 6. The Hall–Kier alpha value is -1.64. The van der Waals surface area contributed by atoms with Gasteiger partial charge in [0.25, 0.3) is 0 Å². The molecule has 1 aromatic rings. The van der Waals surface area contributed by atoms with Crippen LogP contribution in [0.4, 0.5) is 5.95 Å². The lowest BCUT2D eigenvalue weighted by Gasteiger charge is -2.34. The first-order valence-corrected chi connectivity index (χ1v) is 8.32. The number of hydrogen-bond donors (Lipinski definition) is 2. The van der Waals surface area contributed by atoms with Gasteiger partial charge in [0.15, 0.2) is 0 Å². The fraction of sp³-hybridized carbons (Fsp3) is 0.625. The van der Waals surface area contributed by atoms with E-state index in [0.29, 0.717) is 45.1 Å². The van der Waals surface area contributed by atoms with E-state index in [4.69, 9.17) is 5.73 Å². The van der Waals surface area contributed by atoms with E-state index in [-0.39, 0.29) is 48.6 Å². The van der Waals surface area contributed by atoms with Crippen LogP contribution in [0.2, 0.25) is 0 Å². The third-order valence-corrected chi connectivity index (χ3v) is 4.31. The molecule has 3 N–H and O–H groups in total. The lowest BCUT2D eigenvalue weighted by atomic mass is 10.0. The molecule has 148 valence electrons. The van der Waals surface area contributed by atoms with Crippen molar-refractivity contribution in [3.8, 4) is 0 Å². The molecule has 1 fully saturated rings. The Morgan fingerprint density at radius 3 is 2.27 bits per heavy atom. The molecule has 2 unspecified atom stereocenters. The van der Waals surface area contributed by atoms with Gasteiger partial charge in [0.1, 0.15) is 0 Å². The van der Waals surface area contributed by atoms with Gasteiger partial charge in [-0.2, -0.15) is 0 Å². The summed E-state index contributed by atoms with van der Waals surface area (Å²) in [7, 11) is 0. The molecule has 8 nitrogen and oxygen atoms in total. The van der Waals surface area contributed by atoms with Crippen LogP contribution in [0.1, 0.15) is 20.3 Å². The van der Waals surface area contributed by atoms with Gasteiger partial charge in [-0.25, -0.2) is 9.97 Å². The zero-order valence-electron chi connectivity index (χ0n) is 15.1. The van der Waals surface area contributed by atoms with Gasteiger partial charge in [0.05, 0.1) is 0 Å². The summed E-state index contributed by atoms with van der Waals surface area (Å²) in [6, 6.07) is 1.58. The first kappa shape index (κ1) is 24.4. The second-order valence-electron chi connectivity index (χ2n) is 6.11. The van der Waals surface area contributed by atoms with Crippen LogP contribution < -0.4 is 16.0 Å². The smallest absolute Gasteiger partial charge is 0.225 e. The summed E-state index contributed by atoms with van der Waals surface area (Å²) < 4.78 is 0. The molecular formula is C16H28Cl2N6O2. The lowest BCUT2D eigenvalue weighted by Crippen LogP contribution is -2.50. The fourth-order valence-corrected chi connectivity index (χ4v) is 2.46. The van der Waals surface area contributed by atoms with E-state index in [1.807, 2.05) is 4.90 Å². The van der Waals surface area contributed by atoms with E-state index in [1.54, 1.807) is 32.3 Å². The summed E-state index contributed by atoms with van der Waals surface area (Å²) in [4.78, 5) is 36.4. The van der Waals surface area contributed by atoms with Crippen molar-refractivity contribution in [1.29, 1.82) is 0 Å². The van der Waals surface area contributed by atoms with Crippen LogP contribution in [0, 0.1) is 5.92 Å². The van der Waals surface area contributed by atoms with Crippen LogP contribution in [-0.4, -0.2) is 65.4 Å². The maximum atomic E-state index is 12.2. The Bertz CT molecular complexity index is 553. The van der Waals surface area contributed by atoms with Gasteiger partial charge < -0.3 is 20.9 Å². The molecular weight excluding hydrogens is 379 g/mol. The molecule has 0 bridgehead atoms. The minimum atomic E-state index is -0.255. The van der Waals surface area contributed by atoms with Gasteiger partial charge in [-0.3, -0.25) is 9.59 Å². The number of anilines is 1. The Morgan fingerprint density at radius 2 is 1.73 bits per heavy atom. The van der Waals surface area contributed by atoms with E-state index in [0.717, 1.165) is 0 Å². The van der Waals surface area contributed by atoms with Crippen molar-refractivity contribution in [3.05, 3.63) is 18.5 Å². The van der Waals surface area contributed by atoms with Crippen molar-refractivity contribution in [2.45, 2.75) is 26.3 Å². The Kier molecular flexibility index (Phi) is 11.1. The van der Waals surface area contributed by atoms with Gasteiger partial charge in [0, 0.05) is 63.5 Å². The molecule has 1 aliphatic heterocycles. The van der Waals surface area contributed by atoms with Crippen LogP contribution in [0.5, 0.6) is 0 Å². The normalized spacial score (nSPS) is 16.0. The quantitative estimate of drug-likeness (QED) is 0.710. The summed E-state index contributed by atoms with van der Waals surface area (Å²) >= 11 is 0. The maximum Gasteiger partial charge on any atom is 0.225 e. The number of nitrogens with two attached hydrogens (primary N) is 1. The first-order chi connectivity index (χ1) is 11.5. The van der Waals surface area contributed by atoms with E-state index in [9.17, 15) is 9.59 Å². The number of amides is 2. The van der Waals surface area contributed by atoms with Crippen LogP contribution in [0.15, 0.2) is 18.5 Å². The van der Waals surface area contributed by atoms with Crippen LogP contribution in [0.3, 0.4) is 0 Å². The standard InChI is InChI=1S/C16H26N6O2.2ClH/c1-12(13(2)17)15(24)18-7-4-14(23)21-8-10-22(11-9-21)16-19-5-3-6-20-16;;/h3,5-6,12-13H,4,7-11,17H2,1-2H3,(H,18,24);2*1H. The topological polar surface area (TPSA) is 104 Å². The molecule has 0 aliphatic carbocycles. The molecule has 0 saturated carbocycles. The highest BCUT2D eigenvalue weighted by molar-refractivity contribution is 5.85. The summed E-state index contributed by atoms with van der Waals surface area (Å²) in [5, 5.41) is 2.77. The highest BCUT2D eigenvalue weighted by Gasteiger charge is 2.22. The third-order valence-electron chi connectivity index (χ3n) is 4.31. The predicted octanol–water partition coefficient (Wildman–Crippen LogP) is 0.458. The molecule has 0 spiro atoms. The number of halogens is 2. The minimum absolute atomic E-state index is 0. The maximum absolute atomic E-state index is 12.2. The van der Waals surface area contributed by atoms with Gasteiger partial charge in [-0.15, -0.1) is 24.8 Å². The number of aromatic nitrogens is 2. The van der Waals surface area contributed by atoms with E-state index < -0.39 is 0 Å². The number of hydrogen-bond acceptors (Lipinski definition) is 6. The van der Waals surface area contributed by atoms with Gasteiger partial charge in [-0.1, -0.05) is 6.92 Å². The van der Waals surface area contributed by atoms with Crippen molar-refractivity contribution >= 4 is 42.6 Å². The second-order valence-corrected chi connectivity index (χ2v) is 6.11.